The fourth-order valence-corrected chi connectivity index (χ4v) is 1.83. The lowest BCUT2D eigenvalue weighted by Gasteiger charge is -2.03. The summed E-state index contributed by atoms with van der Waals surface area (Å²) in [6.45, 7) is 4.00. The number of aromatic nitrogens is 1. The van der Waals surface area contributed by atoms with Crippen molar-refractivity contribution in [2.24, 2.45) is 12.1 Å². The quantitative estimate of drug-likeness (QED) is 0.674. The van der Waals surface area contributed by atoms with E-state index in [1.807, 2.05) is 55.8 Å². The van der Waals surface area contributed by atoms with Crippen LogP contribution in [0.5, 0.6) is 0 Å². The summed E-state index contributed by atoms with van der Waals surface area (Å²) < 4.78 is 1.86. The van der Waals surface area contributed by atoms with Gasteiger partial charge >= 0.3 is 0 Å². The second-order valence-corrected chi connectivity index (χ2v) is 4.43. The molecule has 0 aliphatic carbocycles. The first-order valence-corrected chi connectivity index (χ1v) is 6.04. The molecule has 2 aromatic rings. The van der Waals surface area contributed by atoms with Gasteiger partial charge in [0.15, 0.2) is 0 Å². The predicted molar refractivity (Wildman–Crippen MR) is 77.3 cm³/mol. The normalized spacial score (nSPS) is 10.6. The van der Waals surface area contributed by atoms with Crippen LogP contribution in [-0.4, -0.2) is 10.8 Å². The van der Waals surface area contributed by atoms with Gasteiger partial charge in [-0.3, -0.25) is 5.43 Å². The lowest BCUT2D eigenvalue weighted by molar-refractivity contribution is 0.865. The molecule has 0 unspecified atom stereocenters. The zero-order valence-electron chi connectivity index (χ0n) is 11.3. The standard InChI is InChI=1S/C15H16N4/c1-11-6-4-5-7-15(11)18-17-10-13-8-14(9-16)19(3)12(13)2/h4-8,10,18H,1-3H3/b17-10-. The third-order valence-corrected chi connectivity index (χ3v) is 3.22. The molecular weight excluding hydrogens is 236 g/mol. The molecular formula is C15H16N4. The third-order valence-electron chi connectivity index (χ3n) is 3.22. The topological polar surface area (TPSA) is 53.1 Å². The minimum atomic E-state index is 0.634. The number of hydrazone groups is 1. The van der Waals surface area contributed by atoms with Crippen LogP contribution in [0.25, 0.3) is 0 Å². The Balaban J connectivity index is 2.17. The monoisotopic (exact) mass is 252 g/mol. The third kappa shape index (κ3) is 2.66. The first-order valence-electron chi connectivity index (χ1n) is 6.04. The molecule has 2 rings (SSSR count). The number of nitriles is 1. The zero-order valence-corrected chi connectivity index (χ0v) is 11.3. The molecule has 96 valence electrons. The van der Waals surface area contributed by atoms with E-state index in [-0.39, 0.29) is 0 Å². The van der Waals surface area contributed by atoms with Crippen molar-refractivity contribution in [3.8, 4) is 6.07 Å². The number of hydrogen-bond donors (Lipinski definition) is 1. The highest BCUT2D eigenvalue weighted by atomic mass is 15.3. The maximum absolute atomic E-state index is 8.97. The summed E-state index contributed by atoms with van der Waals surface area (Å²) in [5, 5.41) is 13.2. The number of aryl methyl sites for hydroxylation is 1. The Hall–Kier alpha value is -2.54. The van der Waals surface area contributed by atoms with Gasteiger partial charge in [-0.1, -0.05) is 18.2 Å². The number of rotatable bonds is 3. The number of hydrogen-bond acceptors (Lipinski definition) is 3. The molecule has 0 fully saturated rings. The van der Waals surface area contributed by atoms with Crippen LogP contribution in [0.4, 0.5) is 5.69 Å². The average Bonchev–Trinajstić information content (AvgIpc) is 2.69. The van der Waals surface area contributed by atoms with E-state index in [9.17, 15) is 0 Å². The smallest absolute Gasteiger partial charge is 0.120 e. The number of benzene rings is 1. The van der Waals surface area contributed by atoms with Crippen LogP contribution < -0.4 is 5.43 Å². The van der Waals surface area contributed by atoms with E-state index in [1.165, 1.54) is 0 Å². The van der Waals surface area contributed by atoms with Crippen molar-refractivity contribution in [3.63, 3.8) is 0 Å². The molecule has 1 aromatic heterocycles. The SMILES string of the molecule is Cc1ccccc1N/N=C\c1cc(C#N)n(C)c1C. The molecule has 0 spiro atoms. The molecule has 1 aromatic carbocycles. The minimum absolute atomic E-state index is 0.634. The Labute approximate surface area is 113 Å². The van der Waals surface area contributed by atoms with Crippen LogP contribution >= 0.6 is 0 Å². The molecule has 19 heavy (non-hydrogen) atoms. The molecule has 4 heteroatoms. The molecule has 1 heterocycles. The first-order chi connectivity index (χ1) is 9.13. The van der Waals surface area contributed by atoms with Gasteiger partial charge in [0.1, 0.15) is 11.8 Å². The molecule has 0 radical (unpaired) electrons. The Morgan fingerprint density at radius 2 is 2.05 bits per heavy atom. The predicted octanol–water partition coefficient (Wildman–Crippen LogP) is 2.96. The van der Waals surface area contributed by atoms with Crippen LogP contribution in [0.2, 0.25) is 0 Å². The van der Waals surface area contributed by atoms with Crippen molar-refractivity contribution >= 4 is 11.9 Å². The largest absolute Gasteiger partial charge is 0.339 e. The summed E-state index contributed by atoms with van der Waals surface area (Å²) in [6, 6.07) is 11.9. The second-order valence-electron chi connectivity index (χ2n) is 4.43. The summed E-state index contributed by atoms with van der Waals surface area (Å²) in [5.41, 5.74) is 7.73. The Morgan fingerprint density at radius 1 is 1.32 bits per heavy atom. The van der Waals surface area contributed by atoms with Crippen molar-refractivity contribution in [2.45, 2.75) is 13.8 Å². The van der Waals surface area contributed by atoms with Crippen molar-refractivity contribution < 1.29 is 0 Å². The van der Waals surface area contributed by atoms with E-state index in [0.29, 0.717) is 5.69 Å². The lowest BCUT2D eigenvalue weighted by Crippen LogP contribution is -1.96. The van der Waals surface area contributed by atoms with Crippen molar-refractivity contribution in [1.29, 1.82) is 5.26 Å². The van der Waals surface area contributed by atoms with Gasteiger partial charge in [0.25, 0.3) is 0 Å². The summed E-state index contributed by atoms with van der Waals surface area (Å²) in [7, 11) is 1.87. The Morgan fingerprint density at radius 3 is 2.68 bits per heavy atom. The van der Waals surface area contributed by atoms with Crippen molar-refractivity contribution in [1.82, 2.24) is 4.57 Å². The summed E-state index contributed by atoms with van der Waals surface area (Å²) >= 11 is 0. The molecule has 0 aliphatic rings. The van der Waals surface area contributed by atoms with Crippen molar-refractivity contribution in [3.05, 3.63) is 52.8 Å². The highest BCUT2D eigenvalue weighted by molar-refractivity contribution is 5.82. The summed E-state index contributed by atoms with van der Waals surface area (Å²) in [6.07, 6.45) is 1.74. The molecule has 0 amide bonds. The van der Waals surface area contributed by atoms with Gasteiger partial charge in [0, 0.05) is 18.3 Å². The van der Waals surface area contributed by atoms with Crippen LogP contribution in [0.15, 0.2) is 35.4 Å². The molecule has 0 saturated heterocycles. The zero-order chi connectivity index (χ0) is 13.8. The van der Waals surface area contributed by atoms with Gasteiger partial charge in [-0.25, -0.2) is 0 Å². The number of anilines is 1. The highest BCUT2D eigenvalue weighted by Crippen LogP contribution is 2.14. The molecule has 0 aliphatic heterocycles. The maximum atomic E-state index is 8.97. The van der Waals surface area contributed by atoms with E-state index in [1.54, 1.807) is 6.21 Å². The van der Waals surface area contributed by atoms with E-state index < -0.39 is 0 Å². The number of nitrogens with one attached hydrogen (secondary N) is 1. The van der Waals surface area contributed by atoms with Gasteiger partial charge in [-0.2, -0.15) is 10.4 Å². The van der Waals surface area contributed by atoms with Gasteiger partial charge in [0.2, 0.25) is 0 Å². The van der Waals surface area contributed by atoms with Crippen LogP contribution in [-0.2, 0) is 7.05 Å². The van der Waals surface area contributed by atoms with Gasteiger partial charge in [-0.05, 0) is 31.5 Å². The summed E-state index contributed by atoms with van der Waals surface area (Å²) in [5.74, 6) is 0. The van der Waals surface area contributed by atoms with E-state index in [0.717, 1.165) is 22.5 Å². The van der Waals surface area contributed by atoms with Gasteiger partial charge in [0.05, 0.1) is 11.9 Å². The average molecular weight is 252 g/mol. The van der Waals surface area contributed by atoms with Crippen LogP contribution in [0.3, 0.4) is 0 Å². The van der Waals surface area contributed by atoms with E-state index >= 15 is 0 Å². The molecule has 0 atom stereocenters. The lowest BCUT2D eigenvalue weighted by atomic mass is 10.2. The van der Waals surface area contributed by atoms with E-state index in [2.05, 4.69) is 16.6 Å². The number of para-hydroxylation sites is 1. The van der Waals surface area contributed by atoms with Crippen LogP contribution in [0.1, 0.15) is 22.5 Å². The summed E-state index contributed by atoms with van der Waals surface area (Å²) in [4.78, 5) is 0. The molecule has 1 N–H and O–H groups in total. The second kappa shape index (κ2) is 5.40. The molecule has 0 bridgehead atoms. The van der Waals surface area contributed by atoms with Gasteiger partial charge in [-0.15, -0.1) is 0 Å². The molecule has 0 saturated carbocycles. The number of nitrogens with zero attached hydrogens (tertiary/aromatic N) is 3. The molecule has 4 nitrogen and oxygen atoms in total. The highest BCUT2D eigenvalue weighted by Gasteiger charge is 2.06. The fraction of sp³-hybridized carbons (Fsp3) is 0.200. The minimum Gasteiger partial charge on any atom is -0.339 e. The van der Waals surface area contributed by atoms with Gasteiger partial charge < -0.3 is 4.57 Å². The van der Waals surface area contributed by atoms with Crippen molar-refractivity contribution in [2.75, 3.05) is 5.43 Å². The van der Waals surface area contributed by atoms with E-state index in [4.69, 9.17) is 5.26 Å². The Kier molecular flexibility index (Phi) is 3.67. The maximum Gasteiger partial charge on any atom is 0.120 e. The Bertz CT molecular complexity index is 659. The first kappa shape index (κ1) is 12.9. The fourth-order valence-electron chi connectivity index (χ4n) is 1.83. The van der Waals surface area contributed by atoms with Crippen LogP contribution in [0, 0.1) is 25.2 Å².